The molecule has 16 heavy (non-hydrogen) atoms. The average Bonchev–Trinajstić information content (AvgIpc) is 2.16. The van der Waals surface area contributed by atoms with Crippen LogP contribution in [-0.4, -0.2) is 19.3 Å². The molecular weight excluding hydrogens is 226 g/mol. The summed E-state index contributed by atoms with van der Waals surface area (Å²) in [5.74, 6) is 0.777. The Bertz CT molecular complexity index is 347. The zero-order valence-electron chi connectivity index (χ0n) is 9.92. The summed E-state index contributed by atoms with van der Waals surface area (Å²) in [7, 11) is 1.62. The van der Waals surface area contributed by atoms with E-state index in [2.05, 4.69) is 0 Å². The van der Waals surface area contributed by atoms with E-state index in [0.29, 0.717) is 18.2 Å². The third kappa shape index (κ3) is 4.39. The molecule has 3 nitrogen and oxygen atoms in total. The van der Waals surface area contributed by atoms with Gasteiger partial charge in [-0.1, -0.05) is 11.6 Å². The molecule has 1 aromatic rings. The van der Waals surface area contributed by atoms with Gasteiger partial charge in [0, 0.05) is 16.1 Å². The maximum Gasteiger partial charge on any atom is 0.124 e. The first kappa shape index (κ1) is 13.3. The average molecular weight is 244 g/mol. The first-order valence-electron chi connectivity index (χ1n) is 5.11. The molecule has 0 aliphatic heterocycles. The second kappa shape index (κ2) is 5.53. The highest BCUT2D eigenvalue weighted by atomic mass is 35.5. The summed E-state index contributed by atoms with van der Waals surface area (Å²) < 4.78 is 10.7. The number of nitrogens with two attached hydrogens (primary N) is 1. The van der Waals surface area contributed by atoms with Gasteiger partial charge in [-0.25, -0.2) is 0 Å². The Labute approximate surface area is 101 Å². The maximum absolute atomic E-state index is 5.91. The molecule has 0 saturated carbocycles. The number of hydrogen-bond donors (Lipinski definition) is 1. The maximum atomic E-state index is 5.91. The molecule has 0 heterocycles. The Morgan fingerprint density at radius 3 is 2.62 bits per heavy atom. The van der Waals surface area contributed by atoms with Crippen molar-refractivity contribution in [2.75, 3.05) is 13.7 Å². The molecule has 1 aromatic carbocycles. The summed E-state index contributed by atoms with van der Waals surface area (Å²) in [4.78, 5) is 0. The van der Waals surface area contributed by atoms with Crippen molar-refractivity contribution in [1.82, 2.24) is 0 Å². The monoisotopic (exact) mass is 243 g/mol. The van der Waals surface area contributed by atoms with E-state index in [1.165, 1.54) is 0 Å². The first-order valence-corrected chi connectivity index (χ1v) is 5.49. The van der Waals surface area contributed by atoms with E-state index in [1.54, 1.807) is 13.2 Å². The summed E-state index contributed by atoms with van der Waals surface area (Å²) in [6.45, 7) is 4.78. The lowest BCUT2D eigenvalue weighted by Crippen LogP contribution is -2.37. The molecule has 0 fully saturated rings. The molecule has 4 heteroatoms. The zero-order valence-corrected chi connectivity index (χ0v) is 10.7. The highest BCUT2D eigenvalue weighted by Crippen LogP contribution is 2.23. The van der Waals surface area contributed by atoms with Crippen LogP contribution in [0.3, 0.4) is 0 Å². The van der Waals surface area contributed by atoms with Crippen molar-refractivity contribution >= 4 is 11.6 Å². The van der Waals surface area contributed by atoms with Gasteiger partial charge in [0.15, 0.2) is 0 Å². The molecule has 0 aromatic heterocycles. The van der Waals surface area contributed by atoms with Crippen LogP contribution in [0.4, 0.5) is 0 Å². The van der Waals surface area contributed by atoms with Gasteiger partial charge in [-0.2, -0.15) is 0 Å². The molecule has 0 radical (unpaired) electrons. The predicted molar refractivity (Wildman–Crippen MR) is 65.9 cm³/mol. The molecular formula is C12H18ClNO2. The lowest BCUT2D eigenvalue weighted by Gasteiger charge is -2.18. The fourth-order valence-corrected chi connectivity index (χ4v) is 1.48. The summed E-state index contributed by atoms with van der Waals surface area (Å²) in [6, 6.07) is 5.45. The molecule has 0 saturated heterocycles. The van der Waals surface area contributed by atoms with Gasteiger partial charge in [-0.05, 0) is 32.0 Å². The molecule has 0 aliphatic carbocycles. The van der Waals surface area contributed by atoms with Gasteiger partial charge in [0.25, 0.3) is 0 Å². The van der Waals surface area contributed by atoms with Crippen LogP contribution in [0.25, 0.3) is 0 Å². The van der Waals surface area contributed by atoms with E-state index in [0.717, 1.165) is 11.3 Å². The molecule has 0 atom stereocenters. The highest BCUT2D eigenvalue weighted by molar-refractivity contribution is 6.30. The lowest BCUT2D eigenvalue weighted by molar-refractivity contribution is 0.0837. The Morgan fingerprint density at radius 2 is 2.06 bits per heavy atom. The fraction of sp³-hybridized carbons (Fsp3) is 0.500. The third-order valence-electron chi connectivity index (χ3n) is 1.97. The topological polar surface area (TPSA) is 44.5 Å². The van der Waals surface area contributed by atoms with Crippen molar-refractivity contribution in [3.05, 3.63) is 28.8 Å². The summed E-state index contributed by atoms with van der Waals surface area (Å²) in [5.41, 5.74) is 6.42. The first-order chi connectivity index (χ1) is 7.42. The van der Waals surface area contributed by atoms with Crippen molar-refractivity contribution in [1.29, 1.82) is 0 Å². The van der Waals surface area contributed by atoms with Gasteiger partial charge >= 0.3 is 0 Å². The van der Waals surface area contributed by atoms with E-state index in [4.69, 9.17) is 26.8 Å². The third-order valence-corrected chi connectivity index (χ3v) is 2.21. The van der Waals surface area contributed by atoms with Gasteiger partial charge in [0.1, 0.15) is 5.75 Å². The van der Waals surface area contributed by atoms with Gasteiger partial charge in [-0.3, -0.25) is 0 Å². The van der Waals surface area contributed by atoms with E-state index in [1.807, 2.05) is 26.0 Å². The molecule has 2 N–H and O–H groups in total. The van der Waals surface area contributed by atoms with Crippen LogP contribution in [0.15, 0.2) is 18.2 Å². The second-order valence-electron chi connectivity index (χ2n) is 4.44. The van der Waals surface area contributed by atoms with E-state index >= 15 is 0 Å². The van der Waals surface area contributed by atoms with E-state index in [-0.39, 0.29) is 5.54 Å². The highest BCUT2D eigenvalue weighted by Gasteiger charge is 2.11. The minimum atomic E-state index is -0.328. The van der Waals surface area contributed by atoms with Crippen LogP contribution in [-0.2, 0) is 11.3 Å². The van der Waals surface area contributed by atoms with Crippen LogP contribution >= 0.6 is 11.6 Å². The lowest BCUT2D eigenvalue weighted by atomic mass is 10.1. The molecule has 0 amide bonds. The summed E-state index contributed by atoms with van der Waals surface area (Å²) >= 11 is 5.91. The van der Waals surface area contributed by atoms with Crippen LogP contribution in [0.5, 0.6) is 5.75 Å². The van der Waals surface area contributed by atoms with Crippen molar-refractivity contribution < 1.29 is 9.47 Å². The van der Waals surface area contributed by atoms with Gasteiger partial charge < -0.3 is 15.2 Å². The SMILES string of the molecule is COc1ccc(Cl)cc1COCC(C)(C)N. The Kier molecular flexibility index (Phi) is 4.59. The van der Waals surface area contributed by atoms with Gasteiger partial charge in [0.05, 0.1) is 20.3 Å². The Balaban J connectivity index is 2.62. The Hall–Kier alpha value is -0.770. The summed E-state index contributed by atoms with van der Waals surface area (Å²) in [6.07, 6.45) is 0. The standard InChI is InChI=1S/C12H18ClNO2/c1-12(2,14)8-16-7-9-6-10(13)4-5-11(9)15-3/h4-6H,7-8,14H2,1-3H3. The van der Waals surface area contributed by atoms with Gasteiger partial charge in [-0.15, -0.1) is 0 Å². The normalized spacial score (nSPS) is 11.6. The Morgan fingerprint density at radius 1 is 1.38 bits per heavy atom. The van der Waals surface area contributed by atoms with Crippen molar-refractivity contribution in [3.8, 4) is 5.75 Å². The van der Waals surface area contributed by atoms with Crippen LogP contribution < -0.4 is 10.5 Å². The molecule has 0 spiro atoms. The number of benzene rings is 1. The summed E-state index contributed by atoms with van der Waals surface area (Å²) in [5, 5.41) is 0.673. The van der Waals surface area contributed by atoms with Crippen LogP contribution in [0.2, 0.25) is 5.02 Å². The van der Waals surface area contributed by atoms with Crippen LogP contribution in [0, 0.1) is 0 Å². The van der Waals surface area contributed by atoms with Gasteiger partial charge in [0.2, 0.25) is 0 Å². The van der Waals surface area contributed by atoms with Crippen LogP contribution in [0.1, 0.15) is 19.4 Å². The largest absolute Gasteiger partial charge is 0.496 e. The zero-order chi connectivity index (χ0) is 12.2. The van der Waals surface area contributed by atoms with E-state index in [9.17, 15) is 0 Å². The van der Waals surface area contributed by atoms with Crippen molar-refractivity contribution in [2.24, 2.45) is 5.73 Å². The second-order valence-corrected chi connectivity index (χ2v) is 4.87. The van der Waals surface area contributed by atoms with Crippen molar-refractivity contribution in [3.63, 3.8) is 0 Å². The molecule has 1 rings (SSSR count). The number of rotatable bonds is 5. The minimum Gasteiger partial charge on any atom is -0.496 e. The number of methoxy groups -OCH3 is 1. The number of ether oxygens (including phenoxy) is 2. The number of hydrogen-bond acceptors (Lipinski definition) is 3. The minimum absolute atomic E-state index is 0.328. The predicted octanol–water partition coefficient (Wildman–Crippen LogP) is 2.60. The van der Waals surface area contributed by atoms with Crippen molar-refractivity contribution in [2.45, 2.75) is 26.0 Å². The van der Waals surface area contributed by atoms with E-state index < -0.39 is 0 Å². The molecule has 0 aliphatic rings. The molecule has 0 unspecified atom stereocenters. The quantitative estimate of drug-likeness (QED) is 0.865. The molecule has 90 valence electrons. The number of halogens is 1. The molecule has 0 bridgehead atoms. The fourth-order valence-electron chi connectivity index (χ4n) is 1.28. The smallest absolute Gasteiger partial charge is 0.124 e.